The second kappa shape index (κ2) is 5.19. The molecule has 3 aromatic rings. The van der Waals surface area contributed by atoms with Crippen LogP contribution < -0.4 is 5.32 Å². The van der Waals surface area contributed by atoms with Gasteiger partial charge in [0.1, 0.15) is 0 Å². The molecule has 5 heteroatoms. The molecule has 0 aliphatic heterocycles. The molecule has 0 aliphatic carbocycles. The molecule has 20 heavy (non-hydrogen) atoms. The monoisotopic (exact) mass is 301 g/mol. The molecule has 0 saturated heterocycles. The van der Waals surface area contributed by atoms with Crippen molar-refractivity contribution in [2.75, 3.05) is 5.32 Å². The summed E-state index contributed by atoms with van der Waals surface area (Å²) in [5.74, 6) is -0.102. The van der Waals surface area contributed by atoms with Gasteiger partial charge in [-0.05, 0) is 41.8 Å². The summed E-state index contributed by atoms with van der Waals surface area (Å²) in [5, 5.41) is 4.71. The molecular weight excluding hydrogens is 290 g/mol. The largest absolute Gasteiger partial charge is 0.326 e. The molecule has 100 valence electrons. The van der Waals surface area contributed by atoms with Gasteiger partial charge in [-0.15, -0.1) is 22.7 Å². The van der Waals surface area contributed by atoms with Crippen LogP contribution in [0.25, 0.3) is 9.40 Å². The SMILES string of the molecule is CC(=O)Nc1ccc(C(=O)c2cc3sccc3s2)cc1. The second-order valence-corrected chi connectivity index (χ2v) is 6.38. The fourth-order valence-electron chi connectivity index (χ4n) is 1.93. The lowest BCUT2D eigenvalue weighted by Crippen LogP contribution is -2.06. The number of amides is 1. The predicted molar refractivity (Wildman–Crippen MR) is 83.9 cm³/mol. The standard InChI is InChI=1S/C15H11NO2S2/c1-9(17)16-11-4-2-10(3-5-11)15(18)14-8-13-12(20-14)6-7-19-13/h2-8H,1H3,(H,16,17). The van der Waals surface area contributed by atoms with Gasteiger partial charge in [0.2, 0.25) is 11.7 Å². The summed E-state index contributed by atoms with van der Waals surface area (Å²) < 4.78 is 2.29. The van der Waals surface area contributed by atoms with Gasteiger partial charge in [0.05, 0.1) is 4.88 Å². The van der Waals surface area contributed by atoms with Crippen molar-refractivity contribution >= 4 is 49.5 Å². The predicted octanol–water partition coefficient (Wildman–Crippen LogP) is 4.15. The van der Waals surface area contributed by atoms with Gasteiger partial charge < -0.3 is 5.32 Å². The Morgan fingerprint density at radius 3 is 2.45 bits per heavy atom. The van der Waals surface area contributed by atoms with Crippen LogP contribution in [0.1, 0.15) is 22.2 Å². The van der Waals surface area contributed by atoms with Crippen LogP contribution in [0, 0.1) is 0 Å². The molecule has 2 heterocycles. The van der Waals surface area contributed by atoms with E-state index in [9.17, 15) is 9.59 Å². The molecule has 0 fully saturated rings. The second-order valence-electron chi connectivity index (χ2n) is 4.35. The molecule has 0 atom stereocenters. The average molecular weight is 301 g/mol. The number of carbonyl (C=O) groups is 2. The fourth-order valence-corrected chi connectivity index (χ4v) is 4.00. The summed E-state index contributed by atoms with van der Waals surface area (Å²) in [6.07, 6.45) is 0. The molecule has 0 aliphatic rings. The Morgan fingerprint density at radius 1 is 1.05 bits per heavy atom. The van der Waals surface area contributed by atoms with Crippen LogP contribution in [0.2, 0.25) is 0 Å². The Hall–Kier alpha value is -1.98. The van der Waals surface area contributed by atoms with Crippen LogP contribution in [0.15, 0.2) is 41.8 Å². The Morgan fingerprint density at radius 2 is 1.80 bits per heavy atom. The van der Waals surface area contributed by atoms with Crippen molar-refractivity contribution in [1.82, 2.24) is 0 Å². The maximum absolute atomic E-state index is 12.4. The molecule has 1 amide bonds. The van der Waals surface area contributed by atoms with Crippen molar-refractivity contribution < 1.29 is 9.59 Å². The number of carbonyl (C=O) groups excluding carboxylic acids is 2. The fraction of sp³-hybridized carbons (Fsp3) is 0.0667. The minimum absolute atomic E-state index is 0.0211. The lowest BCUT2D eigenvalue weighted by atomic mass is 10.1. The van der Waals surface area contributed by atoms with Crippen LogP contribution in [0.5, 0.6) is 0 Å². The van der Waals surface area contributed by atoms with Gasteiger partial charge in [0.15, 0.2) is 0 Å². The first-order valence-corrected chi connectivity index (χ1v) is 7.72. The third-order valence-corrected chi connectivity index (χ3v) is 4.92. The van der Waals surface area contributed by atoms with E-state index in [0.29, 0.717) is 11.3 Å². The summed E-state index contributed by atoms with van der Waals surface area (Å²) in [6, 6.07) is 10.9. The molecular formula is C15H11NO2S2. The number of nitrogens with one attached hydrogen (secondary N) is 1. The van der Waals surface area contributed by atoms with Gasteiger partial charge >= 0.3 is 0 Å². The van der Waals surface area contributed by atoms with Gasteiger partial charge in [-0.2, -0.15) is 0 Å². The van der Waals surface area contributed by atoms with Gasteiger partial charge in [-0.25, -0.2) is 0 Å². The Kier molecular flexibility index (Phi) is 3.38. The van der Waals surface area contributed by atoms with E-state index in [4.69, 9.17) is 0 Å². The number of fused-ring (bicyclic) bond motifs is 1. The molecule has 0 bridgehead atoms. The van der Waals surface area contributed by atoms with Crippen LogP contribution in [-0.4, -0.2) is 11.7 Å². The minimum atomic E-state index is -0.123. The molecule has 0 unspecified atom stereocenters. The molecule has 3 nitrogen and oxygen atoms in total. The number of ketones is 1. The van der Waals surface area contributed by atoms with Crippen LogP contribution >= 0.6 is 22.7 Å². The first-order chi connectivity index (χ1) is 9.63. The zero-order chi connectivity index (χ0) is 14.1. The molecule has 2 aromatic heterocycles. The van der Waals surface area contributed by atoms with E-state index in [1.165, 1.54) is 18.3 Å². The summed E-state index contributed by atoms with van der Waals surface area (Å²) in [5.41, 5.74) is 1.33. The van der Waals surface area contributed by atoms with E-state index in [0.717, 1.165) is 14.3 Å². The third-order valence-electron chi connectivity index (χ3n) is 2.83. The quantitative estimate of drug-likeness (QED) is 0.739. The van der Waals surface area contributed by atoms with E-state index < -0.39 is 0 Å². The average Bonchev–Trinajstić information content (AvgIpc) is 2.98. The van der Waals surface area contributed by atoms with E-state index in [-0.39, 0.29) is 11.7 Å². The zero-order valence-electron chi connectivity index (χ0n) is 10.7. The van der Waals surface area contributed by atoms with Gasteiger partial charge in [0, 0.05) is 27.6 Å². The molecule has 0 radical (unpaired) electrons. The van der Waals surface area contributed by atoms with Crippen LogP contribution in [0.3, 0.4) is 0 Å². The normalized spacial score (nSPS) is 10.7. The number of thiophene rings is 2. The maximum Gasteiger partial charge on any atom is 0.221 e. The van der Waals surface area contributed by atoms with Crippen LogP contribution in [-0.2, 0) is 4.79 Å². The Labute approximate surface area is 123 Å². The summed E-state index contributed by atoms with van der Waals surface area (Å²) in [7, 11) is 0. The Balaban J connectivity index is 1.86. The van der Waals surface area contributed by atoms with Crippen molar-refractivity contribution in [1.29, 1.82) is 0 Å². The minimum Gasteiger partial charge on any atom is -0.326 e. The third kappa shape index (κ3) is 2.50. The topological polar surface area (TPSA) is 46.2 Å². The number of hydrogen-bond acceptors (Lipinski definition) is 4. The van der Waals surface area contributed by atoms with Crippen LogP contribution in [0.4, 0.5) is 5.69 Å². The highest BCUT2D eigenvalue weighted by molar-refractivity contribution is 7.28. The lowest BCUT2D eigenvalue weighted by Gasteiger charge is -2.03. The highest BCUT2D eigenvalue weighted by atomic mass is 32.1. The molecule has 0 spiro atoms. The van der Waals surface area contributed by atoms with Gasteiger partial charge in [-0.3, -0.25) is 9.59 Å². The van der Waals surface area contributed by atoms with Gasteiger partial charge in [-0.1, -0.05) is 0 Å². The summed E-state index contributed by atoms with van der Waals surface area (Å²) in [4.78, 5) is 24.1. The molecule has 1 N–H and O–H groups in total. The smallest absolute Gasteiger partial charge is 0.221 e. The first-order valence-electron chi connectivity index (χ1n) is 6.03. The molecule has 1 aromatic carbocycles. The zero-order valence-corrected chi connectivity index (χ0v) is 12.3. The van der Waals surface area contributed by atoms with Crippen molar-refractivity contribution in [3.05, 3.63) is 52.2 Å². The number of hydrogen-bond donors (Lipinski definition) is 1. The highest BCUT2D eigenvalue weighted by Gasteiger charge is 2.13. The van der Waals surface area contributed by atoms with Crippen molar-refractivity contribution in [3.63, 3.8) is 0 Å². The first kappa shape index (κ1) is 13.0. The van der Waals surface area contributed by atoms with Gasteiger partial charge in [0.25, 0.3) is 0 Å². The van der Waals surface area contributed by atoms with E-state index >= 15 is 0 Å². The highest BCUT2D eigenvalue weighted by Crippen LogP contribution is 2.31. The van der Waals surface area contributed by atoms with Crippen molar-refractivity contribution in [2.24, 2.45) is 0 Å². The van der Waals surface area contributed by atoms with E-state index in [1.807, 2.05) is 17.5 Å². The summed E-state index contributed by atoms with van der Waals surface area (Å²) in [6.45, 7) is 1.46. The maximum atomic E-state index is 12.4. The summed E-state index contributed by atoms with van der Waals surface area (Å²) >= 11 is 3.15. The van der Waals surface area contributed by atoms with Crippen molar-refractivity contribution in [3.8, 4) is 0 Å². The van der Waals surface area contributed by atoms with E-state index in [1.54, 1.807) is 35.6 Å². The van der Waals surface area contributed by atoms with E-state index in [2.05, 4.69) is 5.32 Å². The number of rotatable bonds is 3. The lowest BCUT2D eigenvalue weighted by molar-refractivity contribution is -0.114. The number of benzene rings is 1. The van der Waals surface area contributed by atoms with Crippen molar-refractivity contribution in [2.45, 2.75) is 6.92 Å². The number of anilines is 1. The molecule has 0 saturated carbocycles. The molecule has 3 rings (SSSR count). The Bertz CT molecular complexity index is 755.